The second-order valence-electron chi connectivity index (χ2n) is 3.56. The molecule has 0 spiro atoms. The molecule has 0 aliphatic carbocycles. The summed E-state index contributed by atoms with van der Waals surface area (Å²) < 4.78 is 15.3. The zero-order valence-electron chi connectivity index (χ0n) is 9.04. The highest BCUT2D eigenvalue weighted by Crippen LogP contribution is 2.28. The van der Waals surface area contributed by atoms with Crippen molar-refractivity contribution in [3.8, 4) is 0 Å². The summed E-state index contributed by atoms with van der Waals surface area (Å²) in [7, 11) is 2.86. The quantitative estimate of drug-likeness (QED) is 0.625. The largest absolute Gasteiger partial charge is 0.378 e. The molecule has 3 N–H and O–H groups in total. The standard InChI is InChI=1S/C9H17NO5/c1-4-5(8(10)11)6(13-2)7(14-3)9(12)15-4/h4-7,9,12H,1-3H3,(H2,10,11)/t4-,5-,6+,7+,9?/m1/s1. The summed E-state index contributed by atoms with van der Waals surface area (Å²) in [6.45, 7) is 1.66. The number of methoxy groups -OCH3 is 2. The maximum atomic E-state index is 11.2. The molecule has 88 valence electrons. The van der Waals surface area contributed by atoms with Gasteiger partial charge < -0.3 is 25.1 Å². The fourth-order valence-corrected chi connectivity index (χ4v) is 1.94. The minimum atomic E-state index is -1.11. The number of primary amides is 1. The molecule has 0 aromatic carbocycles. The summed E-state index contributed by atoms with van der Waals surface area (Å²) in [5.41, 5.74) is 5.25. The van der Waals surface area contributed by atoms with Gasteiger partial charge in [0, 0.05) is 14.2 Å². The Morgan fingerprint density at radius 3 is 2.27 bits per heavy atom. The highest BCUT2D eigenvalue weighted by molar-refractivity contribution is 5.78. The lowest BCUT2D eigenvalue weighted by atomic mass is 9.89. The van der Waals surface area contributed by atoms with Gasteiger partial charge in [0.05, 0.1) is 12.0 Å². The van der Waals surface area contributed by atoms with Crippen molar-refractivity contribution in [2.24, 2.45) is 11.7 Å². The zero-order valence-corrected chi connectivity index (χ0v) is 9.04. The Labute approximate surface area is 88.3 Å². The summed E-state index contributed by atoms with van der Waals surface area (Å²) in [6.07, 6.45) is -2.89. The molecule has 0 saturated carbocycles. The van der Waals surface area contributed by atoms with Gasteiger partial charge in [0.15, 0.2) is 6.29 Å². The molecular formula is C9H17NO5. The van der Waals surface area contributed by atoms with Gasteiger partial charge >= 0.3 is 0 Å². The van der Waals surface area contributed by atoms with Gasteiger partial charge in [-0.05, 0) is 6.92 Å². The molecule has 1 saturated heterocycles. The van der Waals surface area contributed by atoms with Gasteiger partial charge in [-0.25, -0.2) is 0 Å². The van der Waals surface area contributed by atoms with Gasteiger partial charge in [-0.3, -0.25) is 4.79 Å². The molecule has 0 bridgehead atoms. The average molecular weight is 219 g/mol. The third-order valence-electron chi connectivity index (χ3n) is 2.69. The van der Waals surface area contributed by atoms with Crippen molar-refractivity contribution >= 4 is 5.91 Å². The van der Waals surface area contributed by atoms with Crippen LogP contribution in [0.1, 0.15) is 6.92 Å². The SMILES string of the molecule is CO[C@H]1[C@H](C(N)=O)[C@@H](C)OC(O)[C@H]1OC. The van der Waals surface area contributed by atoms with Crippen molar-refractivity contribution < 1.29 is 24.1 Å². The van der Waals surface area contributed by atoms with Crippen molar-refractivity contribution in [1.82, 2.24) is 0 Å². The number of hydrogen-bond acceptors (Lipinski definition) is 5. The van der Waals surface area contributed by atoms with E-state index in [4.69, 9.17) is 19.9 Å². The van der Waals surface area contributed by atoms with Crippen LogP contribution in [0.5, 0.6) is 0 Å². The van der Waals surface area contributed by atoms with Crippen molar-refractivity contribution in [3.05, 3.63) is 0 Å². The van der Waals surface area contributed by atoms with Crippen molar-refractivity contribution in [1.29, 1.82) is 0 Å². The van der Waals surface area contributed by atoms with Crippen LogP contribution < -0.4 is 5.73 Å². The van der Waals surface area contributed by atoms with Gasteiger partial charge in [-0.1, -0.05) is 0 Å². The molecule has 1 aliphatic rings. The topological polar surface area (TPSA) is 91.0 Å². The average Bonchev–Trinajstić information content (AvgIpc) is 2.15. The monoisotopic (exact) mass is 219 g/mol. The highest BCUT2D eigenvalue weighted by atomic mass is 16.7. The first-order valence-corrected chi connectivity index (χ1v) is 4.71. The van der Waals surface area contributed by atoms with Gasteiger partial charge in [-0.15, -0.1) is 0 Å². The van der Waals surface area contributed by atoms with Crippen molar-refractivity contribution in [2.45, 2.75) is 31.5 Å². The normalized spacial score (nSPS) is 41.5. The molecule has 5 atom stereocenters. The van der Waals surface area contributed by atoms with Crippen LogP contribution in [0, 0.1) is 5.92 Å². The minimum absolute atomic E-state index is 0.492. The first kappa shape index (κ1) is 12.4. The molecule has 1 rings (SSSR count). The summed E-state index contributed by atoms with van der Waals surface area (Å²) >= 11 is 0. The van der Waals surface area contributed by atoms with Crippen LogP contribution in [0.4, 0.5) is 0 Å². The van der Waals surface area contributed by atoms with Crippen LogP contribution in [0.2, 0.25) is 0 Å². The van der Waals surface area contributed by atoms with Crippen LogP contribution in [0.15, 0.2) is 0 Å². The first-order chi connectivity index (χ1) is 7.02. The van der Waals surface area contributed by atoms with E-state index in [-0.39, 0.29) is 0 Å². The van der Waals surface area contributed by atoms with E-state index >= 15 is 0 Å². The van der Waals surface area contributed by atoms with E-state index in [2.05, 4.69) is 0 Å². The molecule has 6 heteroatoms. The van der Waals surface area contributed by atoms with Crippen molar-refractivity contribution in [2.75, 3.05) is 14.2 Å². The van der Waals surface area contributed by atoms with E-state index in [9.17, 15) is 9.90 Å². The first-order valence-electron chi connectivity index (χ1n) is 4.71. The number of carbonyl (C=O) groups excluding carboxylic acids is 1. The van der Waals surface area contributed by atoms with E-state index < -0.39 is 36.4 Å². The molecule has 6 nitrogen and oxygen atoms in total. The van der Waals surface area contributed by atoms with E-state index in [1.807, 2.05) is 0 Å². The third-order valence-corrected chi connectivity index (χ3v) is 2.69. The summed E-state index contributed by atoms with van der Waals surface area (Å²) in [5, 5.41) is 9.56. The number of amides is 1. The number of hydrogen-bond donors (Lipinski definition) is 2. The Bertz CT molecular complexity index is 235. The lowest BCUT2D eigenvalue weighted by molar-refractivity contribution is -0.270. The van der Waals surface area contributed by atoms with Crippen molar-refractivity contribution in [3.63, 3.8) is 0 Å². The molecule has 15 heavy (non-hydrogen) atoms. The number of rotatable bonds is 3. The molecule has 0 aromatic heterocycles. The number of nitrogens with two attached hydrogens (primary N) is 1. The Hall–Kier alpha value is -0.690. The molecular weight excluding hydrogens is 202 g/mol. The molecule has 0 aromatic rings. The predicted octanol–water partition coefficient (Wildman–Crippen LogP) is -1.14. The van der Waals surface area contributed by atoms with Crippen LogP contribution >= 0.6 is 0 Å². The maximum absolute atomic E-state index is 11.2. The second kappa shape index (κ2) is 4.89. The van der Waals surface area contributed by atoms with Crippen LogP contribution in [0.25, 0.3) is 0 Å². The Morgan fingerprint density at radius 1 is 1.33 bits per heavy atom. The predicted molar refractivity (Wildman–Crippen MR) is 50.8 cm³/mol. The van der Waals surface area contributed by atoms with Gasteiger partial charge in [0.25, 0.3) is 0 Å². The zero-order chi connectivity index (χ0) is 11.6. The lowest BCUT2D eigenvalue weighted by Crippen LogP contribution is -2.58. The Balaban J connectivity index is 2.90. The number of carbonyl (C=O) groups is 1. The van der Waals surface area contributed by atoms with Gasteiger partial charge in [-0.2, -0.15) is 0 Å². The number of ether oxygens (including phenoxy) is 3. The fraction of sp³-hybridized carbons (Fsp3) is 0.889. The molecule has 1 aliphatic heterocycles. The summed E-state index contributed by atoms with van der Waals surface area (Å²) in [4.78, 5) is 11.2. The molecule has 1 amide bonds. The van der Waals surface area contributed by atoms with E-state index in [0.717, 1.165) is 0 Å². The smallest absolute Gasteiger partial charge is 0.225 e. The number of aliphatic hydroxyl groups is 1. The third kappa shape index (κ3) is 2.28. The van der Waals surface area contributed by atoms with Gasteiger partial charge in [0.1, 0.15) is 12.2 Å². The summed E-state index contributed by atoms with van der Waals surface area (Å²) in [5.74, 6) is -1.15. The van der Waals surface area contributed by atoms with Crippen LogP contribution in [-0.2, 0) is 19.0 Å². The minimum Gasteiger partial charge on any atom is -0.378 e. The maximum Gasteiger partial charge on any atom is 0.225 e. The van der Waals surface area contributed by atoms with E-state index in [1.54, 1.807) is 6.92 Å². The summed E-state index contributed by atoms with van der Waals surface area (Å²) in [6, 6.07) is 0. The molecule has 0 radical (unpaired) electrons. The van der Waals surface area contributed by atoms with Crippen LogP contribution in [-0.4, -0.2) is 49.8 Å². The molecule has 1 unspecified atom stereocenters. The Kier molecular flexibility index (Phi) is 4.04. The van der Waals surface area contributed by atoms with E-state index in [1.165, 1.54) is 14.2 Å². The Morgan fingerprint density at radius 2 is 1.87 bits per heavy atom. The number of aliphatic hydroxyl groups excluding tert-OH is 1. The van der Waals surface area contributed by atoms with Gasteiger partial charge in [0.2, 0.25) is 5.91 Å². The second-order valence-corrected chi connectivity index (χ2v) is 3.56. The highest BCUT2D eigenvalue weighted by Gasteiger charge is 2.46. The fourth-order valence-electron chi connectivity index (χ4n) is 1.94. The van der Waals surface area contributed by atoms with E-state index in [0.29, 0.717) is 0 Å². The van der Waals surface area contributed by atoms with Crippen LogP contribution in [0.3, 0.4) is 0 Å². The molecule has 1 fully saturated rings. The molecule has 1 heterocycles. The lowest BCUT2D eigenvalue weighted by Gasteiger charge is -2.41.